The van der Waals surface area contributed by atoms with Crippen LogP contribution in [-0.2, 0) is 0 Å². The Bertz CT molecular complexity index is 818. The van der Waals surface area contributed by atoms with Crippen LogP contribution in [0.15, 0.2) is 41.3 Å². The molecular weight excluding hydrogens is 304 g/mol. The fourth-order valence-electron chi connectivity index (χ4n) is 3.08. The lowest BCUT2D eigenvalue weighted by atomic mass is 10.0. The van der Waals surface area contributed by atoms with Crippen LogP contribution in [0.25, 0.3) is 0 Å². The number of carbonyl (C=O) groups is 1. The molecule has 1 saturated carbocycles. The topological polar surface area (TPSA) is 112 Å². The van der Waals surface area contributed by atoms with Crippen molar-refractivity contribution in [2.24, 2.45) is 5.73 Å². The first kappa shape index (κ1) is 16.0. The maximum Gasteiger partial charge on any atom is 0.259 e. The molecule has 0 saturated heterocycles. The average Bonchev–Trinajstić information content (AvgIpc) is 3.07. The highest BCUT2D eigenvalue weighted by Crippen LogP contribution is 2.24. The van der Waals surface area contributed by atoms with Gasteiger partial charge < -0.3 is 16.0 Å². The van der Waals surface area contributed by atoms with E-state index >= 15 is 0 Å². The number of rotatable bonds is 5. The van der Waals surface area contributed by atoms with Crippen LogP contribution in [0, 0.1) is 5.41 Å². The predicted octanol–water partition coefficient (Wildman–Crippen LogP) is 2.24. The van der Waals surface area contributed by atoms with Crippen LogP contribution in [0.4, 0.5) is 5.69 Å². The molecule has 0 aliphatic heterocycles. The molecule has 0 bridgehead atoms. The van der Waals surface area contributed by atoms with E-state index in [0.717, 1.165) is 12.8 Å². The largest absolute Gasteiger partial charge is 0.382 e. The first-order valence-electron chi connectivity index (χ1n) is 8.03. The lowest BCUT2D eigenvalue weighted by Gasteiger charge is -2.17. The fourth-order valence-corrected chi connectivity index (χ4v) is 3.08. The van der Waals surface area contributed by atoms with Gasteiger partial charge >= 0.3 is 0 Å². The Hall–Kier alpha value is -2.89. The molecule has 5 N–H and O–H groups in total. The van der Waals surface area contributed by atoms with Gasteiger partial charge in [-0.25, -0.2) is 0 Å². The number of aromatic amines is 1. The summed E-state index contributed by atoms with van der Waals surface area (Å²) in [6.45, 7) is 0. The molecule has 0 atom stereocenters. The third-order valence-corrected chi connectivity index (χ3v) is 4.38. The van der Waals surface area contributed by atoms with Crippen molar-refractivity contribution in [1.29, 1.82) is 5.41 Å². The van der Waals surface area contributed by atoms with Crippen molar-refractivity contribution >= 4 is 17.3 Å². The molecule has 124 valence electrons. The molecule has 1 aliphatic carbocycles. The van der Waals surface area contributed by atoms with E-state index in [1.807, 2.05) is 0 Å². The van der Waals surface area contributed by atoms with E-state index in [-0.39, 0.29) is 11.3 Å². The van der Waals surface area contributed by atoms with Crippen LogP contribution in [0.3, 0.4) is 0 Å². The normalized spacial score (nSPS) is 14.5. The zero-order valence-electron chi connectivity index (χ0n) is 13.3. The van der Waals surface area contributed by atoms with Gasteiger partial charge in [-0.15, -0.1) is 0 Å². The molecule has 0 spiro atoms. The number of hydrogen-bond donors (Lipinski definition) is 4. The van der Waals surface area contributed by atoms with Gasteiger partial charge in [0.1, 0.15) is 0 Å². The molecule has 6 heteroatoms. The third-order valence-electron chi connectivity index (χ3n) is 4.38. The number of carbonyl (C=O) groups excluding carboxylic acids is 1. The van der Waals surface area contributed by atoms with Crippen LogP contribution in [-0.4, -0.2) is 22.6 Å². The second-order valence-corrected chi connectivity index (χ2v) is 6.04. The molecule has 1 amide bonds. The second-order valence-electron chi connectivity index (χ2n) is 6.04. The Labute approximate surface area is 139 Å². The summed E-state index contributed by atoms with van der Waals surface area (Å²) >= 11 is 0. The lowest BCUT2D eigenvalue weighted by Crippen LogP contribution is -2.24. The number of hydrogen-bond acceptors (Lipinski definition) is 4. The first-order chi connectivity index (χ1) is 11.6. The van der Waals surface area contributed by atoms with Gasteiger partial charge in [0, 0.05) is 23.4 Å². The van der Waals surface area contributed by atoms with Crippen molar-refractivity contribution in [2.45, 2.75) is 31.7 Å². The number of nitrogens with one attached hydrogen (secondary N) is 3. The van der Waals surface area contributed by atoms with Crippen LogP contribution in [0.5, 0.6) is 0 Å². The summed E-state index contributed by atoms with van der Waals surface area (Å²) in [6, 6.07) is 8.53. The molecule has 1 aromatic heterocycles. The SMILES string of the molecule is N=C(c1ccc(C(N)=O)cc1)c1c(NC2CCCC2)cc[nH]c1=O. The number of aromatic nitrogens is 1. The number of amides is 1. The van der Waals surface area contributed by atoms with Crippen molar-refractivity contribution < 1.29 is 4.79 Å². The highest BCUT2D eigenvalue weighted by atomic mass is 16.1. The number of H-pyrrole nitrogens is 1. The maximum absolute atomic E-state index is 12.3. The van der Waals surface area contributed by atoms with Gasteiger partial charge in [0.05, 0.1) is 17.0 Å². The highest BCUT2D eigenvalue weighted by Gasteiger charge is 2.19. The molecule has 3 rings (SSSR count). The quantitative estimate of drug-likeness (QED) is 0.633. The maximum atomic E-state index is 12.3. The number of primary amides is 1. The van der Waals surface area contributed by atoms with E-state index in [4.69, 9.17) is 11.1 Å². The molecule has 6 nitrogen and oxygen atoms in total. The molecular formula is C18H20N4O2. The molecule has 24 heavy (non-hydrogen) atoms. The summed E-state index contributed by atoms with van der Waals surface area (Å²) in [5, 5.41) is 11.8. The van der Waals surface area contributed by atoms with Crippen LogP contribution in [0.2, 0.25) is 0 Å². The summed E-state index contributed by atoms with van der Waals surface area (Å²) in [5.41, 5.74) is 6.97. The molecule has 1 aliphatic rings. The van der Waals surface area contributed by atoms with Gasteiger partial charge in [-0.05, 0) is 31.0 Å². The van der Waals surface area contributed by atoms with E-state index in [2.05, 4.69) is 10.3 Å². The van der Waals surface area contributed by atoms with E-state index in [1.165, 1.54) is 12.8 Å². The Kier molecular flexibility index (Phi) is 4.46. The summed E-state index contributed by atoms with van der Waals surface area (Å²) in [7, 11) is 0. The molecule has 2 aromatic rings. The van der Waals surface area contributed by atoms with Gasteiger partial charge in [-0.1, -0.05) is 25.0 Å². The molecule has 1 heterocycles. The minimum absolute atomic E-state index is 0.119. The van der Waals surface area contributed by atoms with Crippen LogP contribution in [0.1, 0.15) is 47.2 Å². The number of anilines is 1. The smallest absolute Gasteiger partial charge is 0.259 e. The van der Waals surface area contributed by atoms with Crippen LogP contribution >= 0.6 is 0 Å². The number of pyridine rings is 1. The van der Waals surface area contributed by atoms with Gasteiger partial charge in [0.25, 0.3) is 5.56 Å². The minimum atomic E-state index is -0.519. The zero-order chi connectivity index (χ0) is 17.1. The van der Waals surface area contributed by atoms with Gasteiger partial charge in [-0.2, -0.15) is 0 Å². The number of benzene rings is 1. The molecule has 1 aromatic carbocycles. The Balaban J connectivity index is 1.93. The van der Waals surface area contributed by atoms with Crippen molar-refractivity contribution in [3.63, 3.8) is 0 Å². The predicted molar refractivity (Wildman–Crippen MR) is 93.8 cm³/mol. The van der Waals surface area contributed by atoms with E-state index < -0.39 is 5.91 Å². The lowest BCUT2D eigenvalue weighted by molar-refractivity contribution is 0.100. The monoisotopic (exact) mass is 324 g/mol. The van der Waals surface area contributed by atoms with Crippen molar-refractivity contribution in [3.8, 4) is 0 Å². The van der Waals surface area contributed by atoms with E-state index in [0.29, 0.717) is 28.4 Å². The second kappa shape index (κ2) is 6.70. The van der Waals surface area contributed by atoms with Crippen molar-refractivity contribution in [2.75, 3.05) is 5.32 Å². The van der Waals surface area contributed by atoms with E-state index in [1.54, 1.807) is 36.5 Å². The first-order valence-corrected chi connectivity index (χ1v) is 8.03. The van der Waals surface area contributed by atoms with E-state index in [9.17, 15) is 9.59 Å². The third kappa shape index (κ3) is 3.22. The van der Waals surface area contributed by atoms with Gasteiger partial charge in [0.15, 0.2) is 0 Å². The summed E-state index contributed by atoms with van der Waals surface area (Å²) in [6.07, 6.45) is 6.11. The Morgan fingerprint density at radius 2 is 1.75 bits per heavy atom. The Morgan fingerprint density at radius 3 is 2.38 bits per heavy atom. The number of nitrogens with two attached hydrogens (primary N) is 1. The standard InChI is InChI=1S/C18H20N4O2/c19-16(11-5-7-12(8-6-11)17(20)23)15-14(9-10-21-18(15)24)22-13-3-1-2-4-13/h5-10,13,19H,1-4H2,(H2,20,23)(H2,21,22,24). The molecule has 0 radical (unpaired) electrons. The van der Waals surface area contributed by atoms with Crippen molar-refractivity contribution in [3.05, 3.63) is 63.6 Å². The molecule has 0 unspecified atom stereocenters. The summed E-state index contributed by atoms with van der Waals surface area (Å²) < 4.78 is 0. The fraction of sp³-hybridized carbons (Fsp3) is 0.278. The summed E-state index contributed by atoms with van der Waals surface area (Å²) in [4.78, 5) is 26.1. The van der Waals surface area contributed by atoms with Gasteiger partial charge in [0.2, 0.25) is 5.91 Å². The zero-order valence-corrected chi connectivity index (χ0v) is 13.3. The van der Waals surface area contributed by atoms with Gasteiger partial charge in [-0.3, -0.25) is 15.0 Å². The summed E-state index contributed by atoms with van der Waals surface area (Å²) in [5.74, 6) is -0.519. The van der Waals surface area contributed by atoms with Crippen molar-refractivity contribution in [1.82, 2.24) is 4.98 Å². The Morgan fingerprint density at radius 1 is 1.12 bits per heavy atom. The highest BCUT2D eigenvalue weighted by molar-refractivity contribution is 6.14. The average molecular weight is 324 g/mol. The molecule has 1 fully saturated rings. The minimum Gasteiger partial charge on any atom is -0.382 e. The van der Waals surface area contributed by atoms with Crippen LogP contribution < -0.4 is 16.6 Å².